The maximum atomic E-state index is 12.5. The fraction of sp³-hybridized carbons (Fsp3) is 0.833. The highest BCUT2D eigenvalue weighted by Crippen LogP contribution is 2.25. The molecular formula is C24H40BF6IN3O6. The first-order valence-electron chi connectivity index (χ1n) is 12.5. The molecule has 2 aliphatic rings. The lowest BCUT2D eigenvalue weighted by atomic mass is 9.95. The van der Waals surface area contributed by atoms with Crippen molar-refractivity contribution < 1.29 is 55.4 Å². The quantitative estimate of drug-likeness (QED) is 0.199. The molecule has 2 rings (SSSR count). The highest BCUT2D eigenvalue weighted by molar-refractivity contribution is 14.1. The molecule has 1 N–H and O–H groups in total. The summed E-state index contributed by atoms with van der Waals surface area (Å²) in [6.07, 6.45) is -8.31. The molecule has 9 nitrogen and oxygen atoms in total. The lowest BCUT2D eigenvalue weighted by Crippen LogP contribution is -2.59. The van der Waals surface area contributed by atoms with Crippen molar-refractivity contribution in [2.24, 2.45) is 5.92 Å². The first kappa shape index (κ1) is 41.4. The second-order valence-electron chi connectivity index (χ2n) is 9.97. The minimum absolute atomic E-state index is 0. The summed E-state index contributed by atoms with van der Waals surface area (Å²) in [6, 6.07) is -0.826. The molecule has 239 valence electrons. The predicted molar refractivity (Wildman–Crippen MR) is 149 cm³/mol. The van der Waals surface area contributed by atoms with Crippen LogP contribution in [0.4, 0.5) is 31.1 Å². The van der Waals surface area contributed by atoms with Gasteiger partial charge in [-0.1, -0.05) is 14.2 Å². The molecule has 2 saturated heterocycles. The average molecular weight is 718 g/mol. The van der Waals surface area contributed by atoms with E-state index in [2.05, 4.69) is 22.4 Å². The number of hydrogen-bond donors (Lipinski definition) is 1. The van der Waals surface area contributed by atoms with Crippen LogP contribution in [0.3, 0.4) is 0 Å². The smallest absolute Gasteiger partial charge is 0.444 e. The molecule has 0 aromatic heterocycles. The van der Waals surface area contributed by atoms with Gasteiger partial charge in [0, 0.05) is 45.8 Å². The van der Waals surface area contributed by atoms with Crippen molar-refractivity contribution in [3.8, 4) is 0 Å². The highest BCUT2D eigenvalue weighted by Gasteiger charge is 2.46. The topological polar surface area (TPSA) is 107 Å². The molecule has 0 bridgehead atoms. The van der Waals surface area contributed by atoms with Crippen LogP contribution < -0.4 is 0 Å². The maximum absolute atomic E-state index is 12.5. The Morgan fingerprint density at radius 3 is 1.88 bits per heavy atom. The number of rotatable bonds is 4. The lowest BCUT2D eigenvalue weighted by Gasteiger charge is -2.41. The summed E-state index contributed by atoms with van der Waals surface area (Å²) in [7, 11) is 0. The molecule has 17 heteroatoms. The number of piperidine rings is 1. The Morgan fingerprint density at radius 1 is 0.976 bits per heavy atom. The van der Waals surface area contributed by atoms with E-state index < -0.39 is 41.9 Å². The third-order valence-electron chi connectivity index (χ3n) is 5.59. The van der Waals surface area contributed by atoms with Crippen LogP contribution in [-0.2, 0) is 19.1 Å². The van der Waals surface area contributed by atoms with Crippen molar-refractivity contribution >= 4 is 51.7 Å². The van der Waals surface area contributed by atoms with Gasteiger partial charge in [-0.2, -0.15) is 48.7 Å². The van der Waals surface area contributed by atoms with Crippen LogP contribution in [0.2, 0.25) is 6.82 Å². The van der Waals surface area contributed by atoms with Crippen LogP contribution in [0.15, 0.2) is 0 Å². The number of hydrogen-bond acceptors (Lipinski definition) is 6. The molecule has 41 heavy (non-hydrogen) atoms. The van der Waals surface area contributed by atoms with Crippen LogP contribution in [0.25, 0.3) is 0 Å². The minimum atomic E-state index is -4.97. The maximum Gasteiger partial charge on any atom is 0.471 e. The normalized spacial score (nSPS) is 19.4. The number of carbonyl (C=O) groups excluding carboxylic acids is 4. The third-order valence-corrected chi connectivity index (χ3v) is 5.59. The largest absolute Gasteiger partial charge is 0.471 e. The van der Waals surface area contributed by atoms with E-state index in [0.717, 1.165) is 11.3 Å². The van der Waals surface area contributed by atoms with Crippen molar-refractivity contribution in [1.29, 1.82) is 0 Å². The van der Waals surface area contributed by atoms with Gasteiger partial charge >= 0.3 is 30.3 Å². The molecule has 0 aromatic carbocycles. The summed E-state index contributed by atoms with van der Waals surface area (Å²) < 4.78 is 78.9. The van der Waals surface area contributed by atoms with Crippen molar-refractivity contribution in [1.82, 2.24) is 14.7 Å². The van der Waals surface area contributed by atoms with Gasteiger partial charge in [0.25, 0.3) is 0 Å². The first-order chi connectivity index (χ1) is 18.3. The molecular weight excluding hydrogens is 678 g/mol. The lowest BCUT2D eigenvalue weighted by molar-refractivity contribution is -0.187. The van der Waals surface area contributed by atoms with Gasteiger partial charge in [0.05, 0.1) is 6.04 Å². The second kappa shape index (κ2) is 18.7. The average Bonchev–Trinajstić information content (AvgIpc) is 2.82. The number of ether oxygens (including phenoxy) is 1. The molecule has 0 aliphatic carbocycles. The first-order valence-corrected chi connectivity index (χ1v) is 13.7. The van der Waals surface area contributed by atoms with E-state index in [1.165, 1.54) is 4.90 Å². The SMILES string of the molecule is C.CC(C)(C)OC(=O)N1CCN(C(=O)C(F)(F)F)C[C@@H]1CC=O.C[B]I.O=C(N1CCC[C@@H](CCO)C1)C(F)(F)F. The minimum Gasteiger partial charge on any atom is -0.444 e. The molecule has 3 amide bonds. The van der Waals surface area contributed by atoms with Crippen LogP contribution in [0.1, 0.15) is 53.9 Å². The fourth-order valence-corrected chi connectivity index (χ4v) is 3.94. The second-order valence-corrected chi connectivity index (χ2v) is 11.2. The van der Waals surface area contributed by atoms with E-state index in [4.69, 9.17) is 9.84 Å². The van der Waals surface area contributed by atoms with Crippen LogP contribution >= 0.6 is 22.4 Å². The summed E-state index contributed by atoms with van der Waals surface area (Å²) in [5, 5.41) is 10.6. The van der Waals surface area contributed by atoms with E-state index in [9.17, 15) is 45.5 Å². The van der Waals surface area contributed by atoms with Crippen LogP contribution in [-0.4, -0.2) is 112 Å². The van der Waals surface area contributed by atoms with E-state index >= 15 is 0 Å². The fourth-order valence-electron chi connectivity index (χ4n) is 3.94. The van der Waals surface area contributed by atoms with Gasteiger partial charge in [0.15, 0.2) is 5.14 Å². The molecule has 2 fully saturated rings. The number of aliphatic hydroxyl groups is 1. The summed E-state index contributed by atoms with van der Waals surface area (Å²) in [5.41, 5.74) is -0.762. The van der Waals surface area contributed by atoms with Crippen LogP contribution in [0.5, 0.6) is 0 Å². The molecule has 1 radical (unpaired) electrons. The van der Waals surface area contributed by atoms with E-state index in [1.807, 2.05) is 12.0 Å². The molecule has 0 unspecified atom stereocenters. The Balaban J connectivity index is 0. The molecule has 0 aromatic rings. The molecule has 2 heterocycles. The van der Waals surface area contributed by atoms with Gasteiger partial charge in [-0.25, -0.2) is 4.79 Å². The zero-order chi connectivity index (χ0) is 31.3. The molecule has 0 spiro atoms. The van der Waals surface area contributed by atoms with E-state index in [1.54, 1.807) is 20.8 Å². The van der Waals surface area contributed by atoms with Gasteiger partial charge < -0.3 is 29.3 Å². The monoisotopic (exact) mass is 718 g/mol. The number of aldehydes is 1. The summed E-state index contributed by atoms with van der Waals surface area (Å²) in [5.74, 6) is -3.73. The standard InChI is InChI=1S/C13H19F3N2O4.C9H14F3NO2.CH3BI.CH4/c1-12(2,3)22-11(21)18-6-5-17(8-9(18)4-7-19)10(20)13(14,15)16;10-9(11,12)8(15)13-4-1-2-7(6-13)3-5-14;1-2-3;/h7,9H,4-6,8H2,1-3H3;7,14H,1-6H2;1H3;1H4/t9-;7-;;/m00../s1. The van der Waals surface area contributed by atoms with Crippen LogP contribution in [0, 0.1) is 5.92 Å². The Bertz CT molecular complexity index is 827. The summed E-state index contributed by atoms with van der Waals surface area (Å²) >= 11 is 2.16. The number of piperazine rings is 1. The van der Waals surface area contributed by atoms with Crippen molar-refractivity contribution in [3.63, 3.8) is 0 Å². The van der Waals surface area contributed by atoms with Gasteiger partial charge in [-0.05, 0) is 46.0 Å². The summed E-state index contributed by atoms with van der Waals surface area (Å²) in [4.78, 5) is 47.5. The van der Waals surface area contributed by atoms with E-state index in [0.29, 0.717) is 24.0 Å². The number of aliphatic hydroxyl groups excluding tert-OH is 1. The zero-order valence-electron chi connectivity index (χ0n) is 22.9. The third kappa shape index (κ3) is 15.9. The number of amides is 3. The van der Waals surface area contributed by atoms with Crippen molar-refractivity contribution in [2.75, 3.05) is 39.3 Å². The van der Waals surface area contributed by atoms with Crippen molar-refractivity contribution in [3.05, 3.63) is 0 Å². The van der Waals surface area contributed by atoms with Gasteiger partial charge in [0.2, 0.25) is 0 Å². The number of likely N-dealkylation sites (tertiary alicyclic amines) is 1. The van der Waals surface area contributed by atoms with Crippen molar-refractivity contribution in [2.45, 2.75) is 84.7 Å². The van der Waals surface area contributed by atoms with Gasteiger partial charge in [0.1, 0.15) is 11.9 Å². The number of carbonyl (C=O) groups is 4. The summed E-state index contributed by atoms with van der Waals surface area (Å²) in [6.45, 7) is 6.46. The van der Waals surface area contributed by atoms with Gasteiger partial charge in [-0.3, -0.25) is 9.59 Å². The number of halogens is 7. The number of nitrogens with zero attached hydrogens (tertiary/aromatic N) is 3. The zero-order valence-corrected chi connectivity index (χ0v) is 25.0. The highest BCUT2D eigenvalue weighted by atomic mass is 127. The Hall–Kier alpha value is -1.79. The molecule has 2 aliphatic heterocycles. The Labute approximate surface area is 251 Å². The Morgan fingerprint density at radius 2 is 1.46 bits per heavy atom. The Kier molecular flexibility index (Phi) is 18.8. The predicted octanol–water partition coefficient (Wildman–Crippen LogP) is 4.48. The molecule has 2 atom stereocenters. The van der Waals surface area contributed by atoms with Gasteiger partial charge in [-0.15, -0.1) is 0 Å². The van der Waals surface area contributed by atoms with E-state index in [-0.39, 0.29) is 59.1 Å². The number of alkyl halides is 6. The molecule has 0 saturated carbocycles.